The van der Waals surface area contributed by atoms with Gasteiger partial charge in [-0.05, 0) is 24.6 Å². The van der Waals surface area contributed by atoms with Crippen LogP contribution in [0.1, 0.15) is 29.6 Å². The number of halogens is 1. The third-order valence-corrected chi connectivity index (χ3v) is 3.90. The molecule has 22 heavy (non-hydrogen) atoms. The van der Waals surface area contributed by atoms with Crippen molar-refractivity contribution in [3.8, 4) is 5.75 Å². The molecule has 0 amide bonds. The smallest absolute Gasteiger partial charge is 0.240 e. The van der Waals surface area contributed by atoms with Crippen LogP contribution < -0.4 is 10.5 Å². The molecule has 0 radical (unpaired) electrons. The molecule has 1 atom stereocenters. The van der Waals surface area contributed by atoms with Crippen molar-refractivity contribution >= 4 is 12.4 Å². The SMILES string of the molecule is COc1ccccc1C1CCN(Cc2noc(CN)n2)C1.Cl. The summed E-state index contributed by atoms with van der Waals surface area (Å²) in [5.41, 5.74) is 6.75. The van der Waals surface area contributed by atoms with Gasteiger partial charge in [0.1, 0.15) is 5.75 Å². The predicted molar refractivity (Wildman–Crippen MR) is 85.1 cm³/mol. The Morgan fingerprint density at radius 1 is 1.41 bits per heavy atom. The van der Waals surface area contributed by atoms with Crippen LogP contribution in [0.25, 0.3) is 0 Å². The number of hydrogen-bond donors (Lipinski definition) is 1. The summed E-state index contributed by atoms with van der Waals surface area (Å²) >= 11 is 0. The molecule has 0 bridgehead atoms. The summed E-state index contributed by atoms with van der Waals surface area (Å²) in [6, 6.07) is 8.23. The lowest BCUT2D eigenvalue weighted by molar-refractivity contribution is 0.305. The van der Waals surface area contributed by atoms with E-state index in [2.05, 4.69) is 27.2 Å². The molecule has 1 aliphatic heterocycles. The van der Waals surface area contributed by atoms with Crippen LogP contribution in [-0.2, 0) is 13.1 Å². The second-order valence-electron chi connectivity index (χ2n) is 5.27. The highest BCUT2D eigenvalue weighted by Crippen LogP contribution is 2.33. The number of likely N-dealkylation sites (tertiary alicyclic amines) is 1. The van der Waals surface area contributed by atoms with Crippen molar-refractivity contribution in [3.63, 3.8) is 0 Å². The average molecular weight is 325 g/mol. The Balaban J connectivity index is 0.00000176. The maximum Gasteiger partial charge on any atom is 0.240 e. The van der Waals surface area contributed by atoms with E-state index in [1.165, 1.54) is 5.56 Å². The Morgan fingerprint density at radius 3 is 2.95 bits per heavy atom. The van der Waals surface area contributed by atoms with Crippen molar-refractivity contribution in [2.45, 2.75) is 25.4 Å². The summed E-state index contributed by atoms with van der Waals surface area (Å²) in [6.07, 6.45) is 1.11. The number of hydrogen-bond acceptors (Lipinski definition) is 6. The van der Waals surface area contributed by atoms with Crippen LogP contribution in [0, 0.1) is 0 Å². The third-order valence-electron chi connectivity index (χ3n) is 3.90. The molecule has 1 aromatic carbocycles. The van der Waals surface area contributed by atoms with E-state index < -0.39 is 0 Å². The molecule has 1 unspecified atom stereocenters. The Kier molecular flexibility index (Phi) is 5.76. The Morgan fingerprint density at radius 2 is 2.23 bits per heavy atom. The highest BCUT2D eigenvalue weighted by atomic mass is 35.5. The van der Waals surface area contributed by atoms with Gasteiger partial charge in [0.05, 0.1) is 20.2 Å². The summed E-state index contributed by atoms with van der Waals surface area (Å²) < 4.78 is 10.5. The van der Waals surface area contributed by atoms with Gasteiger partial charge in [0.15, 0.2) is 5.82 Å². The first-order chi connectivity index (χ1) is 10.3. The van der Waals surface area contributed by atoms with Crippen LogP contribution in [0.2, 0.25) is 0 Å². The minimum atomic E-state index is 0. The van der Waals surface area contributed by atoms with Gasteiger partial charge in [0, 0.05) is 12.5 Å². The van der Waals surface area contributed by atoms with Crippen LogP contribution in [0.3, 0.4) is 0 Å². The number of benzene rings is 1. The molecule has 1 fully saturated rings. The second-order valence-corrected chi connectivity index (χ2v) is 5.27. The largest absolute Gasteiger partial charge is 0.496 e. The number of aromatic nitrogens is 2. The van der Waals surface area contributed by atoms with E-state index in [9.17, 15) is 0 Å². The third kappa shape index (κ3) is 3.58. The normalized spacial score (nSPS) is 18.2. The van der Waals surface area contributed by atoms with Gasteiger partial charge in [-0.3, -0.25) is 4.90 Å². The average Bonchev–Trinajstić information content (AvgIpc) is 3.17. The van der Waals surface area contributed by atoms with Crippen molar-refractivity contribution in [1.82, 2.24) is 15.0 Å². The lowest BCUT2D eigenvalue weighted by Crippen LogP contribution is -2.20. The predicted octanol–water partition coefficient (Wildman–Crippen LogP) is 1.95. The van der Waals surface area contributed by atoms with E-state index in [0.717, 1.165) is 25.3 Å². The number of nitrogens with zero attached hydrogens (tertiary/aromatic N) is 3. The van der Waals surface area contributed by atoms with Gasteiger partial charge in [-0.25, -0.2) is 0 Å². The molecule has 1 saturated heterocycles. The molecule has 2 heterocycles. The molecular weight excluding hydrogens is 304 g/mol. The Labute approximate surface area is 136 Å². The van der Waals surface area contributed by atoms with Crippen LogP contribution >= 0.6 is 12.4 Å². The first-order valence-corrected chi connectivity index (χ1v) is 7.17. The van der Waals surface area contributed by atoms with Crippen molar-refractivity contribution in [2.75, 3.05) is 20.2 Å². The van der Waals surface area contributed by atoms with Crippen molar-refractivity contribution in [3.05, 3.63) is 41.5 Å². The van der Waals surface area contributed by atoms with E-state index in [1.54, 1.807) is 7.11 Å². The maximum absolute atomic E-state index is 5.48. The zero-order valence-electron chi connectivity index (χ0n) is 12.6. The summed E-state index contributed by atoms with van der Waals surface area (Å²) in [4.78, 5) is 6.59. The molecule has 2 aromatic rings. The van der Waals surface area contributed by atoms with E-state index in [4.69, 9.17) is 15.0 Å². The number of ether oxygens (including phenoxy) is 1. The lowest BCUT2D eigenvalue weighted by atomic mass is 9.97. The van der Waals surface area contributed by atoms with E-state index in [0.29, 0.717) is 24.2 Å². The molecule has 7 heteroatoms. The first-order valence-electron chi connectivity index (χ1n) is 7.17. The van der Waals surface area contributed by atoms with E-state index in [-0.39, 0.29) is 19.0 Å². The number of nitrogens with two attached hydrogens (primary N) is 1. The van der Waals surface area contributed by atoms with E-state index >= 15 is 0 Å². The molecule has 0 saturated carbocycles. The summed E-state index contributed by atoms with van der Waals surface area (Å²) in [5, 5.41) is 3.95. The molecule has 6 nitrogen and oxygen atoms in total. The molecule has 2 N–H and O–H groups in total. The Bertz CT molecular complexity index is 605. The molecule has 0 spiro atoms. The number of para-hydroxylation sites is 1. The Hall–Kier alpha value is -1.63. The molecule has 1 aromatic heterocycles. The number of methoxy groups -OCH3 is 1. The fourth-order valence-electron chi connectivity index (χ4n) is 2.87. The van der Waals surface area contributed by atoms with Gasteiger partial charge in [-0.15, -0.1) is 12.4 Å². The highest BCUT2D eigenvalue weighted by Gasteiger charge is 2.26. The summed E-state index contributed by atoms with van der Waals surface area (Å²) in [5.74, 6) is 2.65. The monoisotopic (exact) mass is 324 g/mol. The van der Waals surface area contributed by atoms with E-state index in [1.807, 2.05) is 12.1 Å². The number of rotatable bonds is 5. The van der Waals surface area contributed by atoms with Crippen molar-refractivity contribution in [2.24, 2.45) is 5.73 Å². The van der Waals surface area contributed by atoms with Crippen molar-refractivity contribution < 1.29 is 9.26 Å². The fraction of sp³-hybridized carbons (Fsp3) is 0.467. The molecular formula is C15H21ClN4O2. The maximum atomic E-state index is 5.48. The van der Waals surface area contributed by atoms with Crippen LogP contribution in [0.15, 0.2) is 28.8 Å². The van der Waals surface area contributed by atoms with Crippen molar-refractivity contribution in [1.29, 1.82) is 0 Å². The first kappa shape index (κ1) is 16.7. The van der Waals surface area contributed by atoms with Crippen LogP contribution in [0.4, 0.5) is 0 Å². The zero-order valence-corrected chi connectivity index (χ0v) is 13.4. The van der Waals surface area contributed by atoms with Gasteiger partial charge in [0.2, 0.25) is 5.89 Å². The van der Waals surface area contributed by atoms with Gasteiger partial charge >= 0.3 is 0 Å². The zero-order chi connectivity index (χ0) is 14.7. The molecule has 1 aliphatic rings. The minimum Gasteiger partial charge on any atom is -0.496 e. The highest BCUT2D eigenvalue weighted by molar-refractivity contribution is 5.85. The molecule has 3 rings (SSSR count). The topological polar surface area (TPSA) is 77.4 Å². The van der Waals surface area contributed by atoms with Gasteiger partial charge in [0.25, 0.3) is 0 Å². The summed E-state index contributed by atoms with van der Waals surface area (Å²) in [6.45, 7) is 2.99. The second kappa shape index (κ2) is 7.58. The fourth-order valence-corrected chi connectivity index (χ4v) is 2.87. The quantitative estimate of drug-likeness (QED) is 0.905. The van der Waals surface area contributed by atoms with Gasteiger partial charge in [-0.2, -0.15) is 4.98 Å². The molecule has 0 aliphatic carbocycles. The van der Waals surface area contributed by atoms with Crippen LogP contribution in [0.5, 0.6) is 5.75 Å². The van der Waals surface area contributed by atoms with Gasteiger partial charge < -0.3 is 15.0 Å². The molecule has 120 valence electrons. The van der Waals surface area contributed by atoms with Gasteiger partial charge in [-0.1, -0.05) is 23.4 Å². The van der Waals surface area contributed by atoms with Crippen LogP contribution in [-0.4, -0.2) is 35.2 Å². The summed E-state index contributed by atoms with van der Waals surface area (Å²) in [7, 11) is 1.72. The minimum absolute atomic E-state index is 0. The lowest BCUT2D eigenvalue weighted by Gasteiger charge is -2.16. The standard InChI is InChI=1S/C15H20N4O2.ClH/c1-20-13-5-3-2-4-12(13)11-6-7-19(9-11)10-14-17-15(8-16)21-18-14;/h2-5,11H,6-10,16H2,1H3;1H.